The SMILES string of the molecule is CCC(C)N(CC(=O)N(Cc1ccc(F)cc1)Cc1sccc1C)C(=O)Nc1cccc(C)c1C. The van der Waals surface area contributed by atoms with E-state index in [1.807, 2.05) is 64.3 Å². The van der Waals surface area contributed by atoms with Crippen LogP contribution in [-0.4, -0.2) is 34.3 Å². The molecule has 1 heterocycles. The zero-order valence-electron chi connectivity index (χ0n) is 21.1. The summed E-state index contributed by atoms with van der Waals surface area (Å²) >= 11 is 1.60. The zero-order valence-corrected chi connectivity index (χ0v) is 21.9. The van der Waals surface area contributed by atoms with Crippen molar-refractivity contribution in [1.82, 2.24) is 9.80 Å². The summed E-state index contributed by atoms with van der Waals surface area (Å²) in [6.07, 6.45) is 0.718. The fraction of sp³-hybridized carbons (Fsp3) is 0.357. The Labute approximate surface area is 211 Å². The van der Waals surface area contributed by atoms with Crippen LogP contribution in [0.5, 0.6) is 0 Å². The van der Waals surface area contributed by atoms with Gasteiger partial charge in [0.2, 0.25) is 5.91 Å². The highest BCUT2D eigenvalue weighted by molar-refractivity contribution is 7.10. The standard InChI is InChI=1S/C28H34FN3O2S/c1-6-21(4)32(28(34)30-25-9-7-8-19(2)22(25)5)18-27(33)31(17-26-20(3)14-15-35-26)16-23-10-12-24(29)13-11-23/h7-15,21H,6,16-18H2,1-5H3,(H,30,34). The predicted octanol–water partition coefficient (Wildman–Crippen LogP) is 6.67. The lowest BCUT2D eigenvalue weighted by Crippen LogP contribution is -2.48. The number of carbonyl (C=O) groups excluding carboxylic acids is 2. The number of nitrogens with zero attached hydrogens (tertiary/aromatic N) is 2. The van der Waals surface area contributed by atoms with E-state index in [9.17, 15) is 14.0 Å². The van der Waals surface area contributed by atoms with Crippen molar-refractivity contribution in [1.29, 1.82) is 0 Å². The highest BCUT2D eigenvalue weighted by Gasteiger charge is 2.26. The minimum Gasteiger partial charge on any atom is -0.332 e. The molecule has 2 aromatic carbocycles. The summed E-state index contributed by atoms with van der Waals surface area (Å²) in [4.78, 5) is 31.3. The van der Waals surface area contributed by atoms with Crippen LogP contribution in [0.1, 0.15) is 47.4 Å². The van der Waals surface area contributed by atoms with Crippen LogP contribution in [0.2, 0.25) is 0 Å². The summed E-state index contributed by atoms with van der Waals surface area (Å²) in [5, 5.41) is 5.01. The van der Waals surface area contributed by atoms with Gasteiger partial charge in [0, 0.05) is 23.2 Å². The molecule has 1 aromatic heterocycles. The summed E-state index contributed by atoms with van der Waals surface area (Å²) < 4.78 is 13.4. The third-order valence-electron chi connectivity index (χ3n) is 6.48. The topological polar surface area (TPSA) is 52.7 Å². The van der Waals surface area contributed by atoms with Gasteiger partial charge in [0.15, 0.2) is 0 Å². The number of carbonyl (C=O) groups is 2. The highest BCUT2D eigenvalue weighted by atomic mass is 32.1. The first-order valence-electron chi connectivity index (χ1n) is 11.9. The molecule has 5 nitrogen and oxygen atoms in total. The normalized spacial score (nSPS) is 11.7. The number of benzene rings is 2. The molecular formula is C28H34FN3O2S. The molecule has 35 heavy (non-hydrogen) atoms. The monoisotopic (exact) mass is 495 g/mol. The zero-order chi connectivity index (χ0) is 25.5. The molecule has 0 fully saturated rings. The fourth-order valence-corrected chi connectivity index (χ4v) is 4.67. The summed E-state index contributed by atoms with van der Waals surface area (Å²) in [6.45, 7) is 10.7. The Morgan fingerprint density at radius 1 is 1.00 bits per heavy atom. The van der Waals surface area contributed by atoms with Crippen LogP contribution >= 0.6 is 11.3 Å². The second-order valence-corrected chi connectivity index (χ2v) is 9.97. The Balaban J connectivity index is 1.82. The van der Waals surface area contributed by atoms with E-state index < -0.39 is 0 Å². The molecular weight excluding hydrogens is 461 g/mol. The Hall–Kier alpha value is -3.19. The number of anilines is 1. The van der Waals surface area contributed by atoms with Gasteiger partial charge < -0.3 is 15.1 Å². The molecule has 0 saturated heterocycles. The van der Waals surface area contributed by atoms with Crippen LogP contribution < -0.4 is 5.32 Å². The van der Waals surface area contributed by atoms with Crippen LogP contribution in [0.15, 0.2) is 53.9 Å². The van der Waals surface area contributed by atoms with Crippen LogP contribution in [0.4, 0.5) is 14.9 Å². The quantitative estimate of drug-likeness (QED) is 0.360. The number of hydrogen-bond donors (Lipinski definition) is 1. The number of nitrogens with one attached hydrogen (secondary N) is 1. The van der Waals surface area contributed by atoms with E-state index >= 15 is 0 Å². The molecule has 0 aliphatic rings. The molecule has 0 saturated carbocycles. The van der Waals surface area contributed by atoms with Crippen molar-refractivity contribution >= 4 is 29.0 Å². The van der Waals surface area contributed by atoms with Gasteiger partial charge in [-0.2, -0.15) is 0 Å². The number of hydrogen-bond acceptors (Lipinski definition) is 3. The molecule has 7 heteroatoms. The number of rotatable bonds is 9. The number of aryl methyl sites for hydroxylation is 2. The number of thiophene rings is 1. The number of urea groups is 1. The molecule has 3 amide bonds. The Kier molecular flexibility index (Phi) is 9.04. The van der Waals surface area contributed by atoms with Crippen LogP contribution in [0, 0.1) is 26.6 Å². The van der Waals surface area contributed by atoms with Gasteiger partial charge in [-0.15, -0.1) is 11.3 Å². The maximum atomic E-state index is 13.6. The molecule has 0 aliphatic carbocycles. The smallest absolute Gasteiger partial charge is 0.322 e. The van der Waals surface area contributed by atoms with Crippen LogP contribution in [0.3, 0.4) is 0 Å². The second kappa shape index (κ2) is 12.0. The lowest BCUT2D eigenvalue weighted by molar-refractivity contribution is -0.133. The molecule has 1 N–H and O–H groups in total. The molecule has 0 aliphatic heterocycles. The Morgan fingerprint density at radius 2 is 1.71 bits per heavy atom. The predicted molar refractivity (Wildman–Crippen MR) is 141 cm³/mol. The van der Waals surface area contributed by atoms with E-state index in [4.69, 9.17) is 0 Å². The van der Waals surface area contributed by atoms with Crippen molar-refractivity contribution < 1.29 is 14.0 Å². The van der Waals surface area contributed by atoms with Gasteiger partial charge in [-0.05, 0) is 86.0 Å². The summed E-state index contributed by atoms with van der Waals surface area (Å²) in [5.74, 6) is -0.467. The summed E-state index contributed by atoms with van der Waals surface area (Å²) in [7, 11) is 0. The van der Waals surface area contributed by atoms with Crippen LogP contribution in [-0.2, 0) is 17.9 Å². The van der Waals surface area contributed by atoms with Gasteiger partial charge in [0.25, 0.3) is 0 Å². The third kappa shape index (κ3) is 6.92. The number of amides is 3. The minimum absolute atomic E-state index is 0.0443. The van der Waals surface area contributed by atoms with Gasteiger partial charge in [-0.1, -0.05) is 31.2 Å². The lowest BCUT2D eigenvalue weighted by Gasteiger charge is -2.31. The maximum absolute atomic E-state index is 13.6. The molecule has 0 bridgehead atoms. The Morgan fingerprint density at radius 3 is 2.34 bits per heavy atom. The molecule has 0 spiro atoms. The average Bonchev–Trinajstić information content (AvgIpc) is 3.24. The molecule has 186 valence electrons. The highest BCUT2D eigenvalue weighted by Crippen LogP contribution is 2.22. The van der Waals surface area contributed by atoms with Crippen molar-refractivity contribution in [2.75, 3.05) is 11.9 Å². The first-order valence-corrected chi connectivity index (χ1v) is 12.8. The first-order chi connectivity index (χ1) is 16.7. The van der Waals surface area contributed by atoms with E-state index in [-0.39, 0.29) is 30.3 Å². The fourth-order valence-electron chi connectivity index (χ4n) is 3.75. The van der Waals surface area contributed by atoms with E-state index in [2.05, 4.69) is 5.32 Å². The lowest BCUT2D eigenvalue weighted by atomic mass is 10.1. The maximum Gasteiger partial charge on any atom is 0.322 e. The van der Waals surface area contributed by atoms with E-state index in [1.54, 1.807) is 33.3 Å². The van der Waals surface area contributed by atoms with Crippen molar-refractivity contribution in [2.45, 2.75) is 60.2 Å². The minimum atomic E-state index is -0.313. The number of halogens is 1. The van der Waals surface area contributed by atoms with Gasteiger partial charge in [-0.25, -0.2) is 9.18 Å². The van der Waals surface area contributed by atoms with Crippen LogP contribution in [0.25, 0.3) is 0 Å². The summed E-state index contributed by atoms with van der Waals surface area (Å²) in [6, 6.07) is 13.6. The van der Waals surface area contributed by atoms with Crippen molar-refractivity contribution in [3.05, 3.63) is 86.9 Å². The third-order valence-corrected chi connectivity index (χ3v) is 7.49. The first kappa shape index (κ1) is 26.4. The van der Waals surface area contributed by atoms with E-state index in [1.165, 1.54) is 12.1 Å². The Bertz CT molecular complexity index is 1160. The van der Waals surface area contributed by atoms with E-state index in [0.29, 0.717) is 13.1 Å². The second-order valence-electron chi connectivity index (χ2n) is 8.97. The van der Waals surface area contributed by atoms with Crippen molar-refractivity contribution in [3.8, 4) is 0 Å². The average molecular weight is 496 g/mol. The van der Waals surface area contributed by atoms with Crippen molar-refractivity contribution in [3.63, 3.8) is 0 Å². The van der Waals surface area contributed by atoms with Gasteiger partial charge in [0.1, 0.15) is 12.4 Å². The summed E-state index contributed by atoms with van der Waals surface area (Å²) in [5.41, 5.74) is 4.79. The van der Waals surface area contributed by atoms with Gasteiger partial charge >= 0.3 is 6.03 Å². The molecule has 1 atom stereocenters. The van der Waals surface area contributed by atoms with Gasteiger partial charge in [0.05, 0.1) is 6.54 Å². The van der Waals surface area contributed by atoms with Gasteiger partial charge in [-0.3, -0.25) is 4.79 Å². The largest absolute Gasteiger partial charge is 0.332 e. The molecule has 0 radical (unpaired) electrons. The van der Waals surface area contributed by atoms with Crippen molar-refractivity contribution in [2.24, 2.45) is 0 Å². The molecule has 1 unspecified atom stereocenters. The van der Waals surface area contributed by atoms with E-state index in [0.717, 1.165) is 39.2 Å². The molecule has 3 rings (SSSR count). The molecule has 3 aromatic rings.